The van der Waals surface area contributed by atoms with E-state index in [0.717, 1.165) is 42.3 Å². The summed E-state index contributed by atoms with van der Waals surface area (Å²) in [5, 5.41) is 0. The highest BCUT2D eigenvalue weighted by Gasteiger charge is 2.25. The molecule has 2 fully saturated rings. The van der Waals surface area contributed by atoms with Crippen LogP contribution in [0.25, 0.3) is 11.3 Å². The Morgan fingerprint density at radius 2 is 1.84 bits per heavy atom. The first-order valence-electron chi connectivity index (χ1n) is 10.5. The van der Waals surface area contributed by atoms with Crippen molar-refractivity contribution in [3.63, 3.8) is 0 Å². The Labute approximate surface area is 180 Å². The predicted octanol–water partition coefficient (Wildman–Crippen LogP) is 1.93. The maximum Gasteiger partial charge on any atom is 0.228 e. The standard InChI is InChI=1S/C22H25N7O2/c23-20-4-3-16(14-25-20)18-12-21(27-22(26-18)28-6-9-30-10-7-28)29-8-11-31-19(15-29)17-2-1-5-24-13-17/h1-5,12-14,19H,6-11,15H2,(H2,23,25). The predicted molar refractivity (Wildman–Crippen MR) is 118 cm³/mol. The first-order chi connectivity index (χ1) is 15.3. The van der Waals surface area contributed by atoms with Gasteiger partial charge in [0.05, 0.1) is 25.5 Å². The Morgan fingerprint density at radius 3 is 2.61 bits per heavy atom. The number of anilines is 3. The van der Waals surface area contributed by atoms with Gasteiger partial charge in [-0.3, -0.25) is 4.98 Å². The van der Waals surface area contributed by atoms with Gasteiger partial charge in [-0.05, 0) is 18.2 Å². The van der Waals surface area contributed by atoms with Crippen molar-refractivity contribution in [3.05, 3.63) is 54.5 Å². The molecular formula is C22H25N7O2. The maximum absolute atomic E-state index is 6.01. The van der Waals surface area contributed by atoms with Crippen molar-refractivity contribution < 1.29 is 9.47 Å². The quantitative estimate of drug-likeness (QED) is 0.679. The molecule has 1 atom stereocenters. The van der Waals surface area contributed by atoms with E-state index in [-0.39, 0.29) is 6.10 Å². The topological polar surface area (TPSA) is 103 Å². The van der Waals surface area contributed by atoms with Crippen LogP contribution in [-0.2, 0) is 9.47 Å². The van der Waals surface area contributed by atoms with E-state index in [1.54, 1.807) is 18.5 Å². The summed E-state index contributed by atoms with van der Waals surface area (Å²) in [6.45, 7) is 4.96. The third-order valence-electron chi connectivity index (χ3n) is 5.52. The first-order valence-corrected chi connectivity index (χ1v) is 10.5. The van der Waals surface area contributed by atoms with Gasteiger partial charge in [0.25, 0.3) is 0 Å². The van der Waals surface area contributed by atoms with Crippen LogP contribution in [0.1, 0.15) is 11.7 Å². The SMILES string of the molecule is Nc1ccc(-c2cc(N3CCOC(c4cccnc4)C3)nc(N3CCOCC3)n2)cn1. The number of pyridine rings is 2. The highest BCUT2D eigenvalue weighted by Crippen LogP contribution is 2.29. The summed E-state index contributed by atoms with van der Waals surface area (Å²) in [4.78, 5) is 22.6. The zero-order valence-corrected chi connectivity index (χ0v) is 17.2. The van der Waals surface area contributed by atoms with Gasteiger partial charge in [0, 0.05) is 62.0 Å². The molecule has 1 unspecified atom stereocenters. The van der Waals surface area contributed by atoms with Gasteiger partial charge in [0.1, 0.15) is 17.7 Å². The third kappa shape index (κ3) is 4.42. The zero-order valence-electron chi connectivity index (χ0n) is 17.2. The van der Waals surface area contributed by atoms with Gasteiger partial charge in [-0.1, -0.05) is 6.07 Å². The summed E-state index contributed by atoms with van der Waals surface area (Å²) < 4.78 is 11.5. The highest BCUT2D eigenvalue weighted by molar-refractivity contribution is 5.65. The van der Waals surface area contributed by atoms with Crippen molar-refractivity contribution in [1.82, 2.24) is 19.9 Å². The van der Waals surface area contributed by atoms with Crippen molar-refractivity contribution in [2.24, 2.45) is 0 Å². The van der Waals surface area contributed by atoms with Crippen molar-refractivity contribution in [1.29, 1.82) is 0 Å². The van der Waals surface area contributed by atoms with E-state index in [1.165, 1.54) is 0 Å². The largest absolute Gasteiger partial charge is 0.384 e. The second-order valence-corrected chi connectivity index (χ2v) is 7.57. The van der Waals surface area contributed by atoms with Gasteiger partial charge in [0.2, 0.25) is 5.95 Å². The lowest BCUT2D eigenvalue weighted by Crippen LogP contribution is -2.40. The summed E-state index contributed by atoms with van der Waals surface area (Å²) in [5.74, 6) is 2.07. The van der Waals surface area contributed by atoms with E-state index in [2.05, 4.69) is 19.8 Å². The fourth-order valence-corrected chi connectivity index (χ4v) is 3.82. The molecule has 9 heteroatoms. The lowest BCUT2D eigenvalue weighted by atomic mass is 10.1. The van der Waals surface area contributed by atoms with Gasteiger partial charge in [-0.15, -0.1) is 0 Å². The minimum atomic E-state index is -0.0501. The molecule has 2 saturated heterocycles. The molecule has 2 aliphatic rings. The molecule has 3 aromatic heterocycles. The number of ether oxygens (including phenoxy) is 2. The monoisotopic (exact) mass is 419 g/mol. The van der Waals surface area contributed by atoms with Crippen LogP contribution in [0.5, 0.6) is 0 Å². The number of rotatable bonds is 4. The third-order valence-corrected chi connectivity index (χ3v) is 5.52. The van der Waals surface area contributed by atoms with Gasteiger partial charge in [-0.2, -0.15) is 4.98 Å². The average Bonchev–Trinajstić information content (AvgIpc) is 2.85. The lowest BCUT2D eigenvalue weighted by molar-refractivity contribution is 0.0393. The number of nitrogens with two attached hydrogens (primary N) is 1. The van der Waals surface area contributed by atoms with E-state index in [1.807, 2.05) is 30.5 Å². The zero-order chi connectivity index (χ0) is 21.0. The molecule has 0 aromatic carbocycles. The number of hydrogen-bond acceptors (Lipinski definition) is 9. The van der Waals surface area contributed by atoms with Crippen molar-refractivity contribution in [2.75, 3.05) is 61.5 Å². The summed E-state index contributed by atoms with van der Waals surface area (Å²) in [6.07, 6.45) is 5.34. The van der Waals surface area contributed by atoms with Crippen LogP contribution in [0.3, 0.4) is 0 Å². The lowest BCUT2D eigenvalue weighted by Gasteiger charge is -2.35. The molecular weight excluding hydrogens is 394 g/mol. The normalized spacial score (nSPS) is 19.4. The Hall–Kier alpha value is -3.30. The van der Waals surface area contributed by atoms with Crippen LogP contribution in [0.4, 0.5) is 17.6 Å². The van der Waals surface area contributed by atoms with Crippen molar-refractivity contribution in [2.45, 2.75) is 6.10 Å². The highest BCUT2D eigenvalue weighted by atomic mass is 16.5. The van der Waals surface area contributed by atoms with Crippen molar-refractivity contribution >= 4 is 17.6 Å². The van der Waals surface area contributed by atoms with Crippen LogP contribution >= 0.6 is 0 Å². The number of nitrogens with zero attached hydrogens (tertiary/aromatic N) is 6. The molecule has 5 rings (SSSR count). The van der Waals surface area contributed by atoms with Gasteiger partial charge in [0.15, 0.2) is 0 Å². The second kappa shape index (κ2) is 8.83. The summed E-state index contributed by atoms with van der Waals surface area (Å²) in [6, 6.07) is 9.73. The van der Waals surface area contributed by atoms with E-state index < -0.39 is 0 Å². The van der Waals surface area contributed by atoms with Gasteiger partial charge in [-0.25, -0.2) is 9.97 Å². The number of nitrogen functional groups attached to an aromatic ring is 1. The van der Waals surface area contributed by atoms with E-state index in [0.29, 0.717) is 38.1 Å². The molecule has 0 amide bonds. The van der Waals surface area contributed by atoms with Crippen LogP contribution < -0.4 is 15.5 Å². The molecule has 2 N–H and O–H groups in total. The Kier molecular flexibility index (Phi) is 5.59. The number of morpholine rings is 2. The molecule has 2 aliphatic heterocycles. The maximum atomic E-state index is 6.01. The molecule has 0 saturated carbocycles. The first kappa shape index (κ1) is 19.7. The molecule has 0 bridgehead atoms. The molecule has 5 heterocycles. The van der Waals surface area contributed by atoms with E-state index in [4.69, 9.17) is 25.2 Å². The average molecular weight is 419 g/mol. The van der Waals surface area contributed by atoms with Gasteiger partial charge >= 0.3 is 0 Å². The molecule has 0 radical (unpaired) electrons. The van der Waals surface area contributed by atoms with Gasteiger partial charge < -0.3 is 25.0 Å². The van der Waals surface area contributed by atoms with Crippen LogP contribution in [0.2, 0.25) is 0 Å². The molecule has 31 heavy (non-hydrogen) atoms. The molecule has 9 nitrogen and oxygen atoms in total. The van der Waals surface area contributed by atoms with Crippen molar-refractivity contribution in [3.8, 4) is 11.3 Å². The van der Waals surface area contributed by atoms with Crippen LogP contribution in [0, 0.1) is 0 Å². The summed E-state index contributed by atoms with van der Waals surface area (Å²) in [5.41, 5.74) is 8.57. The Bertz CT molecular complexity index is 1010. The molecule has 0 spiro atoms. The minimum absolute atomic E-state index is 0.0501. The van der Waals surface area contributed by atoms with Crippen LogP contribution in [0.15, 0.2) is 48.9 Å². The fourth-order valence-electron chi connectivity index (χ4n) is 3.82. The molecule has 3 aromatic rings. The second-order valence-electron chi connectivity index (χ2n) is 7.57. The summed E-state index contributed by atoms with van der Waals surface area (Å²) in [7, 11) is 0. The minimum Gasteiger partial charge on any atom is -0.384 e. The molecule has 160 valence electrons. The Morgan fingerprint density at radius 1 is 0.968 bits per heavy atom. The van der Waals surface area contributed by atoms with Crippen LogP contribution in [-0.4, -0.2) is 65.9 Å². The molecule has 0 aliphatic carbocycles. The van der Waals surface area contributed by atoms with E-state index >= 15 is 0 Å². The number of hydrogen-bond donors (Lipinski definition) is 1. The fraction of sp³-hybridized carbons (Fsp3) is 0.364. The summed E-state index contributed by atoms with van der Waals surface area (Å²) >= 11 is 0. The smallest absolute Gasteiger partial charge is 0.228 e. The number of aromatic nitrogens is 4. The van der Waals surface area contributed by atoms with E-state index in [9.17, 15) is 0 Å². The Balaban J connectivity index is 1.49.